The van der Waals surface area contributed by atoms with Crippen molar-refractivity contribution in [3.05, 3.63) is 130 Å². The lowest BCUT2D eigenvalue weighted by Gasteiger charge is -2.35. The van der Waals surface area contributed by atoms with Crippen LogP contribution < -0.4 is 0 Å². The Kier molecular flexibility index (Phi) is 17.7. The first-order valence-electron chi connectivity index (χ1n) is 15.5. The molecular formula is C40H58O2. The molecule has 0 radical (unpaired) electrons. The molecule has 0 bridgehead atoms. The van der Waals surface area contributed by atoms with Crippen LogP contribution in [0.2, 0.25) is 0 Å². The molecule has 1 aliphatic rings. The molecule has 0 aromatic heterocycles. The molecule has 1 rings (SSSR count). The average molecular weight is 571 g/mol. The van der Waals surface area contributed by atoms with Crippen LogP contribution in [0.25, 0.3) is 0 Å². The molecule has 2 nitrogen and oxygen atoms in total. The maximum Gasteiger partial charge on any atom is 0.0639 e. The fraction of sp³-hybridized carbons (Fsp3) is 0.450. The lowest BCUT2D eigenvalue weighted by atomic mass is 9.71. The van der Waals surface area contributed by atoms with Crippen molar-refractivity contribution in [3.63, 3.8) is 0 Å². The Morgan fingerprint density at radius 3 is 1.79 bits per heavy atom. The molecule has 0 saturated carbocycles. The zero-order valence-electron chi connectivity index (χ0n) is 28.0. The van der Waals surface area contributed by atoms with E-state index in [-0.39, 0.29) is 18.1 Å². The minimum atomic E-state index is -0.224. The fourth-order valence-electron chi connectivity index (χ4n) is 5.03. The summed E-state index contributed by atoms with van der Waals surface area (Å²) in [6.45, 7) is 19.4. The van der Waals surface area contributed by atoms with Gasteiger partial charge in [0.05, 0.1) is 12.7 Å². The molecule has 0 amide bonds. The van der Waals surface area contributed by atoms with Crippen molar-refractivity contribution in [3.8, 4) is 0 Å². The second-order valence-corrected chi connectivity index (χ2v) is 12.7. The van der Waals surface area contributed by atoms with Gasteiger partial charge in [0.25, 0.3) is 0 Å². The quantitative estimate of drug-likeness (QED) is 0.152. The van der Waals surface area contributed by atoms with Gasteiger partial charge in [-0.1, -0.05) is 138 Å². The Labute approximate surface area is 258 Å². The lowest BCUT2D eigenvalue weighted by molar-refractivity contribution is 0.116. The predicted octanol–water partition coefficient (Wildman–Crippen LogP) is 10.9. The van der Waals surface area contributed by atoms with Gasteiger partial charge in [0.15, 0.2) is 0 Å². The predicted molar refractivity (Wildman–Crippen MR) is 186 cm³/mol. The van der Waals surface area contributed by atoms with Crippen molar-refractivity contribution in [2.45, 2.75) is 107 Å². The molecule has 42 heavy (non-hydrogen) atoms. The molecule has 1 atom stereocenters. The number of aliphatic hydroxyl groups excluding tert-OH is 2. The second-order valence-electron chi connectivity index (χ2n) is 12.7. The van der Waals surface area contributed by atoms with Gasteiger partial charge in [-0.15, -0.1) is 0 Å². The van der Waals surface area contributed by atoms with E-state index in [1.165, 1.54) is 39.0 Å². The molecule has 0 aromatic carbocycles. The van der Waals surface area contributed by atoms with Gasteiger partial charge in [0.1, 0.15) is 0 Å². The van der Waals surface area contributed by atoms with E-state index < -0.39 is 0 Å². The van der Waals surface area contributed by atoms with Crippen molar-refractivity contribution in [1.29, 1.82) is 0 Å². The highest BCUT2D eigenvalue weighted by atomic mass is 16.3. The van der Waals surface area contributed by atoms with Gasteiger partial charge in [-0.3, -0.25) is 0 Å². The molecule has 0 heterocycles. The van der Waals surface area contributed by atoms with E-state index in [0.717, 1.165) is 44.1 Å². The third-order valence-corrected chi connectivity index (χ3v) is 7.59. The number of rotatable bonds is 15. The van der Waals surface area contributed by atoms with E-state index in [1.54, 1.807) is 0 Å². The first-order valence-corrected chi connectivity index (χ1v) is 15.5. The van der Waals surface area contributed by atoms with Gasteiger partial charge in [-0.05, 0) is 98.0 Å². The van der Waals surface area contributed by atoms with E-state index in [0.29, 0.717) is 0 Å². The van der Waals surface area contributed by atoms with E-state index in [1.807, 2.05) is 6.92 Å². The second kappa shape index (κ2) is 20.1. The van der Waals surface area contributed by atoms with Gasteiger partial charge in [0, 0.05) is 0 Å². The maximum atomic E-state index is 10.1. The summed E-state index contributed by atoms with van der Waals surface area (Å²) in [5.41, 5.74) is 10.1. The summed E-state index contributed by atoms with van der Waals surface area (Å²) >= 11 is 0. The van der Waals surface area contributed by atoms with E-state index in [2.05, 4.69) is 140 Å². The minimum Gasteiger partial charge on any atom is -0.393 e. The molecule has 0 aromatic rings. The zero-order chi connectivity index (χ0) is 31.5. The molecule has 0 spiro atoms. The summed E-state index contributed by atoms with van der Waals surface area (Å²) in [6.07, 6.45) is 35.7. The highest BCUT2D eigenvalue weighted by molar-refractivity contribution is 5.38. The molecule has 1 unspecified atom stereocenters. The zero-order valence-corrected chi connectivity index (χ0v) is 28.0. The third kappa shape index (κ3) is 16.5. The Balaban J connectivity index is 2.54. The van der Waals surface area contributed by atoms with Gasteiger partial charge in [-0.2, -0.15) is 0 Å². The number of allylic oxidation sites excluding steroid dienone is 20. The molecule has 0 saturated heterocycles. The highest BCUT2D eigenvalue weighted by Crippen LogP contribution is 2.41. The molecular weight excluding hydrogens is 512 g/mol. The smallest absolute Gasteiger partial charge is 0.0639 e. The lowest BCUT2D eigenvalue weighted by Crippen LogP contribution is -2.28. The summed E-state index contributed by atoms with van der Waals surface area (Å²) in [7, 11) is 0. The fourth-order valence-corrected chi connectivity index (χ4v) is 5.03. The van der Waals surface area contributed by atoms with Crippen LogP contribution >= 0.6 is 0 Å². The van der Waals surface area contributed by atoms with Crippen LogP contribution in [-0.4, -0.2) is 22.9 Å². The third-order valence-electron chi connectivity index (χ3n) is 7.59. The summed E-state index contributed by atoms with van der Waals surface area (Å²) < 4.78 is 0. The van der Waals surface area contributed by atoms with Crippen molar-refractivity contribution in [2.24, 2.45) is 5.41 Å². The number of aliphatic hydroxyl groups is 2. The van der Waals surface area contributed by atoms with Crippen LogP contribution in [0.3, 0.4) is 0 Å². The normalized spacial score (nSPS) is 20.4. The summed E-state index contributed by atoms with van der Waals surface area (Å²) in [6, 6.07) is 0. The topological polar surface area (TPSA) is 40.5 Å². The number of hydrogen-bond acceptors (Lipinski definition) is 2. The van der Waals surface area contributed by atoms with Crippen molar-refractivity contribution < 1.29 is 10.2 Å². The van der Waals surface area contributed by atoms with Gasteiger partial charge in [-0.25, -0.2) is 0 Å². The van der Waals surface area contributed by atoms with Crippen molar-refractivity contribution >= 4 is 0 Å². The van der Waals surface area contributed by atoms with E-state index in [9.17, 15) is 5.11 Å². The minimum absolute atomic E-state index is 0.00872. The Hall–Kier alpha value is -2.94. The molecule has 2 N–H and O–H groups in total. The van der Waals surface area contributed by atoms with Crippen molar-refractivity contribution in [2.75, 3.05) is 6.61 Å². The SMILES string of the molecule is CC1=C(/C=C/C(C)=C/C=C/C(C)=C/C=C/C=C(C)/C=C/C=C(\C)CC/C=C(\C)CC/C=C(/C)CO)C(C)(C)CC(O)C1. The molecule has 230 valence electrons. The standard InChI is InChI=1S/C40H58O2/c1-31(18-12-20-33(3)21-13-22-34(4)23-15-25-36(6)30-41)16-10-11-17-32(2)19-14-24-35(5)26-27-39-37(7)28-38(42)29-40(39,8)9/h10-12,14,16-20,22,24-27,38,41-42H,13,15,21,23,28-30H2,1-9H3/b11-10+,18-12+,19-14+,27-26+,31-16+,32-17+,33-20+,34-22+,35-24+,36-25-. The Morgan fingerprint density at radius 2 is 1.21 bits per heavy atom. The van der Waals surface area contributed by atoms with Gasteiger partial charge < -0.3 is 10.2 Å². The van der Waals surface area contributed by atoms with E-state index >= 15 is 0 Å². The number of hydrogen-bond donors (Lipinski definition) is 2. The van der Waals surface area contributed by atoms with Crippen LogP contribution in [0.5, 0.6) is 0 Å². The Morgan fingerprint density at radius 1 is 0.714 bits per heavy atom. The van der Waals surface area contributed by atoms with Crippen LogP contribution in [-0.2, 0) is 0 Å². The average Bonchev–Trinajstić information content (AvgIpc) is 2.89. The first kappa shape index (κ1) is 37.1. The molecule has 0 fully saturated rings. The van der Waals surface area contributed by atoms with Gasteiger partial charge in [0.2, 0.25) is 0 Å². The van der Waals surface area contributed by atoms with Crippen molar-refractivity contribution in [1.82, 2.24) is 0 Å². The molecule has 1 aliphatic carbocycles. The van der Waals surface area contributed by atoms with Crippen LogP contribution in [0.1, 0.15) is 101 Å². The van der Waals surface area contributed by atoms with Gasteiger partial charge >= 0.3 is 0 Å². The summed E-state index contributed by atoms with van der Waals surface area (Å²) in [4.78, 5) is 0. The maximum absolute atomic E-state index is 10.1. The Bertz CT molecular complexity index is 1200. The summed E-state index contributed by atoms with van der Waals surface area (Å²) in [5, 5.41) is 19.2. The van der Waals surface area contributed by atoms with Crippen LogP contribution in [0.15, 0.2) is 130 Å². The summed E-state index contributed by atoms with van der Waals surface area (Å²) in [5.74, 6) is 0. The van der Waals surface area contributed by atoms with E-state index in [4.69, 9.17) is 5.11 Å². The molecule has 2 heteroatoms. The van der Waals surface area contributed by atoms with Crippen LogP contribution in [0, 0.1) is 5.41 Å². The molecule has 0 aliphatic heterocycles. The highest BCUT2D eigenvalue weighted by Gasteiger charge is 2.31. The monoisotopic (exact) mass is 570 g/mol. The largest absolute Gasteiger partial charge is 0.393 e. The first-order chi connectivity index (χ1) is 19.8. The van der Waals surface area contributed by atoms with Crippen LogP contribution in [0.4, 0.5) is 0 Å².